The third-order valence-electron chi connectivity index (χ3n) is 3.33. The molecule has 1 atom stereocenters. The average Bonchev–Trinajstić information content (AvgIpc) is 2.71. The molecule has 0 aromatic heterocycles. The third kappa shape index (κ3) is 2.82. The first-order valence-electron chi connectivity index (χ1n) is 6.05. The van der Waals surface area contributed by atoms with Gasteiger partial charge in [0.25, 0.3) is 0 Å². The van der Waals surface area contributed by atoms with Gasteiger partial charge in [0, 0.05) is 0 Å². The molecule has 0 amide bonds. The lowest BCUT2D eigenvalue weighted by atomic mass is 9.96. The van der Waals surface area contributed by atoms with Crippen LogP contribution in [-0.2, 0) is 6.42 Å². The van der Waals surface area contributed by atoms with Gasteiger partial charge in [0.2, 0.25) is 0 Å². The summed E-state index contributed by atoms with van der Waals surface area (Å²) in [6.45, 7) is 6.90. The predicted molar refractivity (Wildman–Crippen MR) is 65.2 cm³/mol. The fourth-order valence-electron chi connectivity index (χ4n) is 2.26. The monoisotopic (exact) mass is 203 g/mol. The van der Waals surface area contributed by atoms with Gasteiger partial charge in [-0.1, -0.05) is 38.1 Å². The van der Waals surface area contributed by atoms with E-state index in [1.807, 2.05) is 0 Å². The second kappa shape index (κ2) is 4.80. The van der Waals surface area contributed by atoms with E-state index >= 15 is 0 Å². The molecular formula is C14H21N. The molecule has 82 valence electrons. The van der Waals surface area contributed by atoms with Gasteiger partial charge in [-0.25, -0.2) is 0 Å². The van der Waals surface area contributed by atoms with Crippen LogP contribution in [-0.4, -0.2) is 13.1 Å². The zero-order valence-corrected chi connectivity index (χ0v) is 9.79. The van der Waals surface area contributed by atoms with Gasteiger partial charge >= 0.3 is 0 Å². The van der Waals surface area contributed by atoms with Crippen molar-refractivity contribution in [2.45, 2.75) is 32.6 Å². The van der Waals surface area contributed by atoms with Crippen LogP contribution in [0.3, 0.4) is 0 Å². The molecule has 0 aliphatic carbocycles. The molecule has 0 saturated carbocycles. The maximum atomic E-state index is 3.42. The Bertz CT molecular complexity index is 294. The Balaban J connectivity index is 1.97. The average molecular weight is 203 g/mol. The molecule has 1 fully saturated rings. The van der Waals surface area contributed by atoms with E-state index < -0.39 is 0 Å². The summed E-state index contributed by atoms with van der Waals surface area (Å²) in [6, 6.07) is 9.16. The Kier molecular flexibility index (Phi) is 3.42. The van der Waals surface area contributed by atoms with Crippen LogP contribution in [0.4, 0.5) is 0 Å². The smallest absolute Gasteiger partial charge is 0.00169 e. The summed E-state index contributed by atoms with van der Waals surface area (Å²) in [5.74, 6) is 1.50. The molecule has 1 nitrogen and oxygen atoms in total. The summed E-state index contributed by atoms with van der Waals surface area (Å²) >= 11 is 0. The van der Waals surface area contributed by atoms with E-state index in [2.05, 4.69) is 43.4 Å². The van der Waals surface area contributed by atoms with Crippen molar-refractivity contribution in [1.29, 1.82) is 0 Å². The van der Waals surface area contributed by atoms with Crippen molar-refractivity contribution in [2.24, 2.45) is 5.92 Å². The van der Waals surface area contributed by atoms with Gasteiger partial charge in [-0.3, -0.25) is 0 Å². The Morgan fingerprint density at radius 2 is 2.00 bits per heavy atom. The quantitative estimate of drug-likeness (QED) is 0.796. The molecule has 1 heteroatoms. The molecule has 1 aromatic carbocycles. The Labute approximate surface area is 92.9 Å². The summed E-state index contributed by atoms with van der Waals surface area (Å²) in [4.78, 5) is 0. The highest BCUT2D eigenvalue weighted by Gasteiger charge is 2.14. The summed E-state index contributed by atoms with van der Waals surface area (Å²) < 4.78 is 0. The van der Waals surface area contributed by atoms with Gasteiger partial charge in [0.05, 0.1) is 0 Å². The van der Waals surface area contributed by atoms with Crippen molar-refractivity contribution >= 4 is 0 Å². The van der Waals surface area contributed by atoms with Crippen LogP contribution in [0.25, 0.3) is 0 Å². The van der Waals surface area contributed by atoms with Crippen LogP contribution >= 0.6 is 0 Å². The summed E-state index contributed by atoms with van der Waals surface area (Å²) in [5, 5.41) is 3.42. The zero-order valence-electron chi connectivity index (χ0n) is 9.79. The fourth-order valence-corrected chi connectivity index (χ4v) is 2.26. The molecule has 1 aliphatic rings. The minimum Gasteiger partial charge on any atom is -0.316 e. The molecule has 1 aliphatic heterocycles. The molecule has 0 unspecified atom stereocenters. The normalized spacial score (nSPS) is 21.1. The lowest BCUT2D eigenvalue weighted by molar-refractivity contribution is 0.580. The zero-order chi connectivity index (χ0) is 10.7. The van der Waals surface area contributed by atoms with Crippen LogP contribution in [0.15, 0.2) is 24.3 Å². The highest BCUT2D eigenvalue weighted by molar-refractivity contribution is 5.25. The number of rotatable bonds is 3. The maximum Gasteiger partial charge on any atom is -0.00169 e. The molecule has 1 heterocycles. The summed E-state index contributed by atoms with van der Waals surface area (Å²) in [6.07, 6.45) is 2.58. The Morgan fingerprint density at radius 3 is 2.53 bits per heavy atom. The van der Waals surface area contributed by atoms with Crippen molar-refractivity contribution in [3.05, 3.63) is 35.4 Å². The second-order valence-corrected chi connectivity index (χ2v) is 4.96. The standard InChI is InChI=1S/C14H21N/c1-11(2)14-5-3-12(4-6-14)9-13-7-8-15-10-13/h3-6,11,13,15H,7-10H2,1-2H3/t13-/m1/s1. The number of nitrogens with one attached hydrogen (secondary N) is 1. The van der Waals surface area contributed by atoms with Gasteiger partial charge in [0.15, 0.2) is 0 Å². The van der Waals surface area contributed by atoms with Crippen LogP contribution in [0.2, 0.25) is 0 Å². The van der Waals surface area contributed by atoms with Crippen molar-refractivity contribution in [3.63, 3.8) is 0 Å². The lowest BCUT2D eigenvalue weighted by Gasteiger charge is -2.10. The Hall–Kier alpha value is -0.820. The minimum atomic E-state index is 0.646. The number of benzene rings is 1. The molecule has 15 heavy (non-hydrogen) atoms. The second-order valence-electron chi connectivity index (χ2n) is 4.96. The topological polar surface area (TPSA) is 12.0 Å². The summed E-state index contributed by atoms with van der Waals surface area (Å²) in [5.41, 5.74) is 2.94. The molecule has 0 bridgehead atoms. The first-order chi connectivity index (χ1) is 7.25. The van der Waals surface area contributed by atoms with E-state index in [-0.39, 0.29) is 0 Å². The molecule has 1 N–H and O–H groups in total. The first kappa shape index (κ1) is 10.7. The molecule has 2 rings (SSSR count). The molecule has 0 radical (unpaired) electrons. The van der Waals surface area contributed by atoms with Gasteiger partial charge in [-0.05, 0) is 48.9 Å². The maximum absolute atomic E-state index is 3.42. The highest BCUT2D eigenvalue weighted by Crippen LogP contribution is 2.18. The number of hydrogen-bond acceptors (Lipinski definition) is 1. The number of hydrogen-bond donors (Lipinski definition) is 1. The van der Waals surface area contributed by atoms with Gasteiger partial charge in [-0.2, -0.15) is 0 Å². The van der Waals surface area contributed by atoms with E-state index in [0.717, 1.165) is 5.92 Å². The molecule has 1 saturated heterocycles. The van der Waals surface area contributed by atoms with Gasteiger partial charge in [-0.15, -0.1) is 0 Å². The molecule has 0 spiro atoms. The van der Waals surface area contributed by atoms with Crippen LogP contribution in [0.1, 0.15) is 37.3 Å². The first-order valence-corrected chi connectivity index (χ1v) is 6.05. The van der Waals surface area contributed by atoms with E-state index in [4.69, 9.17) is 0 Å². The van der Waals surface area contributed by atoms with Crippen molar-refractivity contribution in [3.8, 4) is 0 Å². The van der Waals surface area contributed by atoms with Crippen LogP contribution < -0.4 is 5.32 Å². The van der Waals surface area contributed by atoms with Gasteiger partial charge in [0.1, 0.15) is 0 Å². The van der Waals surface area contributed by atoms with Crippen LogP contribution in [0, 0.1) is 5.92 Å². The van der Waals surface area contributed by atoms with Crippen molar-refractivity contribution in [2.75, 3.05) is 13.1 Å². The third-order valence-corrected chi connectivity index (χ3v) is 3.33. The molecular weight excluding hydrogens is 182 g/mol. The van der Waals surface area contributed by atoms with E-state index in [0.29, 0.717) is 5.92 Å². The summed E-state index contributed by atoms with van der Waals surface area (Å²) in [7, 11) is 0. The highest BCUT2D eigenvalue weighted by atomic mass is 14.9. The van der Waals surface area contributed by atoms with Crippen molar-refractivity contribution < 1.29 is 0 Å². The Morgan fingerprint density at radius 1 is 1.27 bits per heavy atom. The van der Waals surface area contributed by atoms with Gasteiger partial charge < -0.3 is 5.32 Å². The fraction of sp³-hybridized carbons (Fsp3) is 0.571. The minimum absolute atomic E-state index is 0.646. The van der Waals surface area contributed by atoms with E-state index in [1.54, 1.807) is 0 Å². The molecule has 1 aromatic rings. The lowest BCUT2D eigenvalue weighted by Crippen LogP contribution is -2.10. The van der Waals surface area contributed by atoms with E-state index in [1.165, 1.54) is 37.1 Å². The largest absolute Gasteiger partial charge is 0.316 e. The van der Waals surface area contributed by atoms with Crippen molar-refractivity contribution in [1.82, 2.24) is 5.32 Å². The SMILES string of the molecule is CC(C)c1ccc(C[C@H]2CCNC2)cc1. The van der Waals surface area contributed by atoms with Crippen LogP contribution in [0.5, 0.6) is 0 Å². The van der Waals surface area contributed by atoms with E-state index in [9.17, 15) is 0 Å². The predicted octanol–water partition coefficient (Wildman–Crippen LogP) is 2.96.